The second-order valence-corrected chi connectivity index (χ2v) is 5.05. The topological polar surface area (TPSA) is 27.3 Å². The zero-order valence-electron chi connectivity index (χ0n) is 8.84. The molecule has 4 aliphatic rings. The summed E-state index contributed by atoms with van der Waals surface area (Å²) in [5, 5.41) is 7.17. The van der Waals surface area contributed by atoms with E-state index in [2.05, 4.69) is 15.5 Å². The monoisotopic (exact) mass is 195 g/mol. The smallest absolute Gasteiger partial charge is 0.0349 e. The third kappa shape index (κ3) is 1.58. The molecule has 0 saturated carbocycles. The second-order valence-electron chi connectivity index (χ2n) is 5.05. The number of hydrogen-bond donors (Lipinski definition) is 2. The first-order valence-corrected chi connectivity index (χ1v) is 6.11. The van der Waals surface area contributed by atoms with Crippen LogP contribution < -0.4 is 10.6 Å². The van der Waals surface area contributed by atoms with Crippen LogP contribution in [0.2, 0.25) is 0 Å². The van der Waals surface area contributed by atoms with Crippen molar-refractivity contribution in [1.82, 2.24) is 15.5 Å². The van der Waals surface area contributed by atoms with Gasteiger partial charge in [-0.25, -0.2) is 0 Å². The van der Waals surface area contributed by atoms with Crippen molar-refractivity contribution in [2.45, 2.75) is 31.3 Å². The van der Waals surface area contributed by atoms with Crippen molar-refractivity contribution in [3.05, 3.63) is 0 Å². The van der Waals surface area contributed by atoms with Crippen molar-refractivity contribution < 1.29 is 0 Å². The highest BCUT2D eigenvalue weighted by molar-refractivity contribution is 4.96. The summed E-state index contributed by atoms with van der Waals surface area (Å²) < 4.78 is 0. The molecule has 3 heteroatoms. The van der Waals surface area contributed by atoms with Crippen LogP contribution in [-0.4, -0.2) is 49.7 Å². The van der Waals surface area contributed by atoms with Crippen LogP contribution in [0.15, 0.2) is 0 Å². The van der Waals surface area contributed by atoms with Crippen LogP contribution in [0.3, 0.4) is 0 Å². The predicted octanol–water partition coefficient (Wildman–Crippen LogP) is 0.0321. The summed E-state index contributed by atoms with van der Waals surface area (Å²) in [6.45, 7) is 6.18. The Balaban J connectivity index is 1.66. The number of piperazine rings is 1. The van der Waals surface area contributed by atoms with Gasteiger partial charge in [-0.2, -0.15) is 0 Å². The first-order valence-electron chi connectivity index (χ1n) is 6.11. The van der Waals surface area contributed by atoms with Gasteiger partial charge in [0.1, 0.15) is 0 Å². The Morgan fingerprint density at radius 2 is 1.93 bits per heavy atom. The first kappa shape index (κ1) is 9.13. The Hall–Kier alpha value is -0.120. The van der Waals surface area contributed by atoms with E-state index < -0.39 is 0 Å². The van der Waals surface area contributed by atoms with Crippen LogP contribution in [0.25, 0.3) is 0 Å². The molecule has 0 radical (unpaired) electrons. The van der Waals surface area contributed by atoms with E-state index >= 15 is 0 Å². The fourth-order valence-electron chi connectivity index (χ4n) is 3.38. The predicted molar refractivity (Wildman–Crippen MR) is 57.4 cm³/mol. The molecule has 0 amide bonds. The first-order chi connectivity index (χ1) is 6.93. The SMILES string of the molecule is C1CNC(C2CC3CCN2CC3)CN1. The molecule has 2 atom stereocenters. The number of nitrogens with one attached hydrogen (secondary N) is 2. The van der Waals surface area contributed by atoms with Gasteiger partial charge < -0.3 is 10.6 Å². The third-order valence-corrected chi connectivity index (χ3v) is 4.23. The fraction of sp³-hybridized carbons (Fsp3) is 1.00. The molecule has 2 N–H and O–H groups in total. The Bertz CT molecular complexity index is 193. The van der Waals surface area contributed by atoms with Gasteiger partial charge in [0.05, 0.1) is 0 Å². The van der Waals surface area contributed by atoms with Crippen molar-refractivity contribution >= 4 is 0 Å². The van der Waals surface area contributed by atoms with Crippen molar-refractivity contribution in [3.8, 4) is 0 Å². The number of rotatable bonds is 1. The lowest BCUT2D eigenvalue weighted by Crippen LogP contribution is -2.62. The molecule has 0 aromatic rings. The van der Waals surface area contributed by atoms with Gasteiger partial charge in [0.25, 0.3) is 0 Å². The Morgan fingerprint density at radius 3 is 2.50 bits per heavy atom. The number of fused-ring (bicyclic) bond motifs is 3. The molecule has 4 aliphatic heterocycles. The maximum Gasteiger partial charge on any atom is 0.0349 e. The molecule has 2 bridgehead atoms. The molecule has 0 aliphatic carbocycles. The van der Waals surface area contributed by atoms with Gasteiger partial charge in [-0.05, 0) is 38.3 Å². The van der Waals surface area contributed by atoms with E-state index in [1.807, 2.05) is 0 Å². The molecular formula is C11H21N3. The minimum atomic E-state index is 0.715. The van der Waals surface area contributed by atoms with Gasteiger partial charge in [-0.1, -0.05) is 0 Å². The normalized spacial score (nSPS) is 48.0. The Kier molecular flexibility index (Phi) is 2.48. The highest BCUT2D eigenvalue weighted by atomic mass is 15.2. The zero-order chi connectivity index (χ0) is 9.38. The van der Waals surface area contributed by atoms with Crippen LogP contribution in [-0.2, 0) is 0 Å². The minimum absolute atomic E-state index is 0.715. The molecule has 3 nitrogen and oxygen atoms in total. The van der Waals surface area contributed by atoms with Crippen LogP contribution in [0.5, 0.6) is 0 Å². The Morgan fingerprint density at radius 1 is 1.07 bits per heavy atom. The summed E-state index contributed by atoms with van der Waals surface area (Å²) in [6, 6.07) is 1.54. The zero-order valence-corrected chi connectivity index (χ0v) is 8.84. The fourth-order valence-corrected chi connectivity index (χ4v) is 3.38. The molecule has 14 heavy (non-hydrogen) atoms. The maximum absolute atomic E-state index is 3.67. The lowest BCUT2D eigenvalue weighted by atomic mass is 9.80. The third-order valence-electron chi connectivity index (χ3n) is 4.23. The molecular weight excluding hydrogens is 174 g/mol. The van der Waals surface area contributed by atoms with Crippen molar-refractivity contribution in [2.75, 3.05) is 32.7 Å². The van der Waals surface area contributed by atoms with Crippen LogP contribution in [0, 0.1) is 5.92 Å². The summed E-state index contributed by atoms with van der Waals surface area (Å²) in [5.41, 5.74) is 0. The van der Waals surface area contributed by atoms with E-state index in [4.69, 9.17) is 0 Å². The maximum atomic E-state index is 3.67. The highest BCUT2D eigenvalue weighted by Gasteiger charge is 2.37. The van der Waals surface area contributed by atoms with Gasteiger partial charge in [-0.15, -0.1) is 0 Å². The summed E-state index contributed by atoms with van der Waals surface area (Å²) in [7, 11) is 0. The average Bonchev–Trinajstić information content (AvgIpc) is 2.32. The molecule has 4 fully saturated rings. The van der Waals surface area contributed by atoms with E-state index in [-0.39, 0.29) is 0 Å². The van der Waals surface area contributed by atoms with Gasteiger partial charge in [-0.3, -0.25) is 4.90 Å². The lowest BCUT2D eigenvalue weighted by molar-refractivity contribution is 0.0260. The van der Waals surface area contributed by atoms with Crippen molar-refractivity contribution in [3.63, 3.8) is 0 Å². The van der Waals surface area contributed by atoms with Crippen molar-refractivity contribution in [2.24, 2.45) is 5.92 Å². The lowest BCUT2D eigenvalue weighted by Gasteiger charge is -2.49. The summed E-state index contributed by atoms with van der Waals surface area (Å²) >= 11 is 0. The number of nitrogens with zero attached hydrogens (tertiary/aromatic N) is 1. The minimum Gasteiger partial charge on any atom is -0.314 e. The van der Waals surface area contributed by atoms with Gasteiger partial charge >= 0.3 is 0 Å². The second kappa shape index (κ2) is 3.80. The molecule has 80 valence electrons. The number of hydrogen-bond acceptors (Lipinski definition) is 3. The quantitative estimate of drug-likeness (QED) is 0.618. The highest BCUT2D eigenvalue weighted by Crippen LogP contribution is 2.33. The summed E-state index contributed by atoms with van der Waals surface area (Å²) in [6.07, 6.45) is 4.35. The molecule has 4 saturated heterocycles. The standard InChI is InChI=1S/C11H21N3/c1-5-14-6-2-9(1)7-11(14)10-8-12-3-4-13-10/h9-13H,1-8H2. The summed E-state index contributed by atoms with van der Waals surface area (Å²) in [5.74, 6) is 1.04. The summed E-state index contributed by atoms with van der Waals surface area (Å²) in [4.78, 5) is 2.71. The molecule has 0 spiro atoms. The van der Waals surface area contributed by atoms with Gasteiger partial charge in [0.15, 0.2) is 0 Å². The van der Waals surface area contributed by atoms with E-state index in [0.29, 0.717) is 6.04 Å². The van der Waals surface area contributed by atoms with Crippen LogP contribution >= 0.6 is 0 Å². The van der Waals surface area contributed by atoms with Gasteiger partial charge in [0.2, 0.25) is 0 Å². The van der Waals surface area contributed by atoms with Crippen LogP contribution in [0.1, 0.15) is 19.3 Å². The van der Waals surface area contributed by atoms with E-state index in [1.165, 1.54) is 38.9 Å². The molecule has 4 rings (SSSR count). The van der Waals surface area contributed by atoms with Crippen LogP contribution in [0.4, 0.5) is 0 Å². The average molecular weight is 195 g/mol. The molecule has 0 aromatic carbocycles. The van der Waals surface area contributed by atoms with Crippen molar-refractivity contribution in [1.29, 1.82) is 0 Å². The Labute approximate surface area is 86.2 Å². The van der Waals surface area contributed by atoms with E-state index in [0.717, 1.165) is 25.0 Å². The van der Waals surface area contributed by atoms with E-state index in [9.17, 15) is 0 Å². The van der Waals surface area contributed by atoms with Gasteiger partial charge in [0, 0.05) is 31.7 Å². The van der Waals surface area contributed by atoms with E-state index in [1.54, 1.807) is 0 Å². The number of piperidine rings is 3. The molecule has 2 unspecified atom stereocenters. The largest absolute Gasteiger partial charge is 0.314 e. The molecule has 4 heterocycles. The molecule has 0 aromatic heterocycles.